The maximum atomic E-state index is 5.83. The summed E-state index contributed by atoms with van der Waals surface area (Å²) in [6, 6.07) is 0.549. The topological polar surface area (TPSA) is 35.7 Å². The highest BCUT2D eigenvalue weighted by Gasteiger charge is 2.32. The zero-order valence-corrected chi connectivity index (χ0v) is 10.8. The van der Waals surface area contributed by atoms with Crippen molar-refractivity contribution in [3.8, 4) is 0 Å². The predicted octanol–water partition coefficient (Wildman–Crippen LogP) is 0.902. The van der Waals surface area contributed by atoms with Crippen molar-refractivity contribution in [2.75, 3.05) is 26.7 Å². The molecule has 0 aromatic carbocycles. The molecule has 90 valence electrons. The Bertz CT molecular complexity index is 197. The summed E-state index contributed by atoms with van der Waals surface area (Å²) >= 11 is 0. The van der Waals surface area contributed by atoms with E-state index in [1.54, 1.807) is 5.12 Å². The van der Waals surface area contributed by atoms with Crippen LogP contribution in [0.15, 0.2) is 0 Å². The monoisotopic (exact) mass is 214 g/mol. The number of hydrazine groups is 2. The van der Waals surface area contributed by atoms with Crippen molar-refractivity contribution in [1.82, 2.24) is 15.0 Å². The van der Waals surface area contributed by atoms with Crippen LogP contribution < -0.4 is 5.84 Å². The molecule has 1 rings (SSSR count). The molecule has 1 aliphatic rings. The minimum absolute atomic E-state index is 0.271. The van der Waals surface area contributed by atoms with Crippen molar-refractivity contribution in [2.45, 2.75) is 45.7 Å². The standard InChI is InChI=1S/C11H26N4/c1-6-10-9-14(11(2,3)4)7-8-15(10)13(5)12/h10H,6-9,12H2,1-5H3/t10-/m0/s1. The lowest BCUT2D eigenvalue weighted by Crippen LogP contribution is -2.62. The highest BCUT2D eigenvalue weighted by molar-refractivity contribution is 4.86. The molecule has 1 saturated heterocycles. The van der Waals surface area contributed by atoms with Gasteiger partial charge in [0.05, 0.1) is 0 Å². The Labute approximate surface area is 93.9 Å². The van der Waals surface area contributed by atoms with Crippen LogP contribution >= 0.6 is 0 Å². The van der Waals surface area contributed by atoms with E-state index in [1.807, 2.05) is 7.05 Å². The molecule has 1 fully saturated rings. The predicted molar refractivity (Wildman–Crippen MR) is 64.1 cm³/mol. The molecule has 1 atom stereocenters. The second-order valence-electron chi connectivity index (χ2n) is 5.42. The van der Waals surface area contributed by atoms with Crippen molar-refractivity contribution < 1.29 is 0 Å². The maximum Gasteiger partial charge on any atom is 0.0384 e. The first-order valence-corrected chi connectivity index (χ1v) is 5.86. The fourth-order valence-corrected chi connectivity index (χ4v) is 2.21. The first-order valence-electron chi connectivity index (χ1n) is 5.86. The van der Waals surface area contributed by atoms with Gasteiger partial charge in [-0.1, -0.05) is 6.92 Å². The lowest BCUT2D eigenvalue weighted by Gasteiger charge is -2.48. The third kappa shape index (κ3) is 3.14. The molecule has 0 aliphatic carbocycles. The lowest BCUT2D eigenvalue weighted by molar-refractivity contribution is -0.0973. The van der Waals surface area contributed by atoms with E-state index in [-0.39, 0.29) is 5.54 Å². The molecule has 2 N–H and O–H groups in total. The first-order chi connectivity index (χ1) is 6.86. The molecule has 0 aromatic rings. The lowest BCUT2D eigenvalue weighted by atomic mass is 10.0. The van der Waals surface area contributed by atoms with Crippen molar-refractivity contribution in [1.29, 1.82) is 0 Å². The molecule has 0 spiro atoms. The fraction of sp³-hybridized carbons (Fsp3) is 1.00. The molecule has 15 heavy (non-hydrogen) atoms. The summed E-state index contributed by atoms with van der Waals surface area (Å²) in [7, 11) is 1.93. The largest absolute Gasteiger partial charge is 0.296 e. The average molecular weight is 214 g/mol. The summed E-state index contributed by atoms with van der Waals surface area (Å²) in [6.07, 6.45) is 1.15. The molecular weight excluding hydrogens is 188 g/mol. The van der Waals surface area contributed by atoms with Gasteiger partial charge in [0, 0.05) is 38.3 Å². The number of nitrogens with two attached hydrogens (primary N) is 1. The molecular formula is C11H26N4. The van der Waals surface area contributed by atoms with Gasteiger partial charge in [-0.15, -0.1) is 0 Å². The Hall–Kier alpha value is -0.160. The fourth-order valence-electron chi connectivity index (χ4n) is 2.21. The van der Waals surface area contributed by atoms with Crippen molar-refractivity contribution in [3.05, 3.63) is 0 Å². The molecule has 0 saturated carbocycles. The van der Waals surface area contributed by atoms with Crippen molar-refractivity contribution >= 4 is 0 Å². The minimum Gasteiger partial charge on any atom is -0.296 e. The van der Waals surface area contributed by atoms with Gasteiger partial charge < -0.3 is 0 Å². The second-order valence-corrected chi connectivity index (χ2v) is 5.42. The first kappa shape index (κ1) is 12.9. The van der Waals surface area contributed by atoms with Gasteiger partial charge in [0.15, 0.2) is 0 Å². The van der Waals surface area contributed by atoms with Crippen molar-refractivity contribution in [2.24, 2.45) is 5.84 Å². The van der Waals surface area contributed by atoms with Crippen LogP contribution in [0.25, 0.3) is 0 Å². The van der Waals surface area contributed by atoms with E-state index < -0.39 is 0 Å². The summed E-state index contributed by atoms with van der Waals surface area (Å²) in [5, 5.41) is 4.01. The van der Waals surface area contributed by atoms with E-state index in [2.05, 4.69) is 37.6 Å². The van der Waals surface area contributed by atoms with Gasteiger partial charge in [0.1, 0.15) is 0 Å². The zero-order chi connectivity index (χ0) is 11.6. The van der Waals surface area contributed by atoms with Gasteiger partial charge in [-0.05, 0) is 27.2 Å². The quantitative estimate of drug-likeness (QED) is 0.547. The maximum absolute atomic E-state index is 5.83. The van der Waals surface area contributed by atoms with Gasteiger partial charge in [0.25, 0.3) is 0 Å². The smallest absolute Gasteiger partial charge is 0.0384 e. The highest BCUT2D eigenvalue weighted by atomic mass is 15.8. The van der Waals surface area contributed by atoms with Crippen molar-refractivity contribution in [3.63, 3.8) is 0 Å². The Morgan fingerprint density at radius 2 is 1.93 bits per heavy atom. The number of rotatable bonds is 2. The summed E-state index contributed by atoms with van der Waals surface area (Å²) in [5.74, 6) is 5.83. The Morgan fingerprint density at radius 3 is 2.33 bits per heavy atom. The third-order valence-corrected chi connectivity index (χ3v) is 3.28. The molecule has 0 amide bonds. The number of piperazine rings is 1. The molecule has 1 heterocycles. The van der Waals surface area contributed by atoms with Crippen LogP contribution in [-0.4, -0.2) is 53.3 Å². The van der Waals surface area contributed by atoms with E-state index in [1.165, 1.54) is 0 Å². The van der Waals surface area contributed by atoms with Crippen LogP contribution in [-0.2, 0) is 0 Å². The second kappa shape index (κ2) is 4.78. The van der Waals surface area contributed by atoms with E-state index >= 15 is 0 Å². The van der Waals surface area contributed by atoms with Crippen LogP contribution in [0.5, 0.6) is 0 Å². The summed E-state index contributed by atoms with van der Waals surface area (Å²) in [4.78, 5) is 2.54. The van der Waals surface area contributed by atoms with Gasteiger partial charge in [-0.3, -0.25) is 10.7 Å². The van der Waals surface area contributed by atoms with E-state index in [4.69, 9.17) is 5.84 Å². The van der Waals surface area contributed by atoms with E-state index in [0.29, 0.717) is 6.04 Å². The molecule has 4 heteroatoms. The number of nitrogens with zero attached hydrogens (tertiary/aromatic N) is 3. The van der Waals surface area contributed by atoms with E-state index in [9.17, 15) is 0 Å². The zero-order valence-electron chi connectivity index (χ0n) is 10.8. The minimum atomic E-state index is 0.271. The van der Waals surface area contributed by atoms with E-state index in [0.717, 1.165) is 26.1 Å². The Kier molecular flexibility index (Phi) is 4.12. The van der Waals surface area contributed by atoms with Crippen LogP contribution in [0.4, 0.5) is 0 Å². The SMILES string of the molecule is CC[C@H]1CN(C(C)(C)C)CCN1N(C)N. The van der Waals surface area contributed by atoms with Crippen LogP contribution in [0.1, 0.15) is 34.1 Å². The molecule has 0 radical (unpaired) electrons. The van der Waals surface area contributed by atoms with Crippen LogP contribution in [0, 0.1) is 0 Å². The third-order valence-electron chi connectivity index (χ3n) is 3.28. The Morgan fingerprint density at radius 1 is 1.33 bits per heavy atom. The molecule has 0 unspecified atom stereocenters. The van der Waals surface area contributed by atoms with Gasteiger partial charge in [-0.2, -0.15) is 5.12 Å². The molecule has 0 bridgehead atoms. The summed E-state index contributed by atoms with van der Waals surface area (Å²) < 4.78 is 0. The average Bonchev–Trinajstić information content (AvgIpc) is 2.15. The molecule has 1 aliphatic heterocycles. The van der Waals surface area contributed by atoms with Gasteiger partial charge >= 0.3 is 0 Å². The highest BCUT2D eigenvalue weighted by Crippen LogP contribution is 2.20. The summed E-state index contributed by atoms with van der Waals surface area (Å²) in [5.41, 5.74) is 0.271. The van der Waals surface area contributed by atoms with Crippen LogP contribution in [0.3, 0.4) is 0 Å². The Balaban J connectivity index is 2.63. The van der Waals surface area contributed by atoms with Gasteiger partial charge in [0.2, 0.25) is 0 Å². The molecule has 4 nitrogen and oxygen atoms in total. The normalized spacial score (nSPS) is 26.2. The molecule has 0 aromatic heterocycles. The number of hydrogen-bond donors (Lipinski definition) is 1. The number of hydrogen-bond acceptors (Lipinski definition) is 4. The van der Waals surface area contributed by atoms with Gasteiger partial charge in [-0.25, -0.2) is 5.01 Å². The summed E-state index contributed by atoms with van der Waals surface area (Å²) in [6.45, 7) is 12.3. The van der Waals surface area contributed by atoms with Crippen LogP contribution in [0.2, 0.25) is 0 Å².